The number of rotatable bonds is 6. The van der Waals surface area contributed by atoms with Crippen LogP contribution in [0, 0.1) is 5.92 Å². The van der Waals surface area contributed by atoms with Gasteiger partial charge in [-0.2, -0.15) is 0 Å². The smallest absolute Gasteiger partial charge is 0.317 e. The second kappa shape index (κ2) is 4.65. The van der Waals surface area contributed by atoms with Crippen LogP contribution in [0.5, 0.6) is 0 Å². The van der Waals surface area contributed by atoms with Crippen LogP contribution < -0.4 is 0 Å². The molecular formula is C11H17N3O2. The second-order valence-electron chi connectivity index (χ2n) is 4.46. The van der Waals surface area contributed by atoms with Gasteiger partial charge in [-0.05, 0) is 18.8 Å². The van der Waals surface area contributed by atoms with Crippen molar-refractivity contribution in [3.63, 3.8) is 0 Å². The predicted octanol–water partition coefficient (Wildman–Crippen LogP) is 0.717. The van der Waals surface area contributed by atoms with E-state index in [9.17, 15) is 4.79 Å². The van der Waals surface area contributed by atoms with Gasteiger partial charge in [0.1, 0.15) is 5.82 Å². The lowest BCUT2D eigenvalue weighted by Gasteiger charge is -2.19. The monoisotopic (exact) mass is 223 g/mol. The summed E-state index contributed by atoms with van der Waals surface area (Å²) in [5, 5.41) is 8.85. The summed E-state index contributed by atoms with van der Waals surface area (Å²) >= 11 is 0. The second-order valence-corrected chi connectivity index (χ2v) is 4.46. The average Bonchev–Trinajstić information content (AvgIpc) is 2.91. The first-order chi connectivity index (χ1) is 7.65. The summed E-state index contributed by atoms with van der Waals surface area (Å²) in [4.78, 5) is 16.9. The van der Waals surface area contributed by atoms with Crippen molar-refractivity contribution >= 4 is 5.97 Å². The number of aromatic nitrogens is 2. The van der Waals surface area contributed by atoms with Crippen LogP contribution >= 0.6 is 0 Å². The standard InChI is InChI=1S/C11H17N3O2/c1-13-5-4-12-10(13)7-14(8-11(15)16)6-9-2-3-9/h4-5,9H,2-3,6-8H2,1H3,(H,15,16). The van der Waals surface area contributed by atoms with Gasteiger partial charge in [-0.1, -0.05) is 0 Å². The number of hydrogen-bond acceptors (Lipinski definition) is 3. The van der Waals surface area contributed by atoms with Crippen molar-refractivity contribution in [2.24, 2.45) is 13.0 Å². The van der Waals surface area contributed by atoms with Crippen LogP contribution in [0.15, 0.2) is 12.4 Å². The molecule has 1 aliphatic carbocycles. The van der Waals surface area contributed by atoms with Crippen molar-refractivity contribution in [1.29, 1.82) is 0 Å². The first-order valence-electron chi connectivity index (χ1n) is 5.55. The number of carboxylic acids is 1. The molecule has 5 nitrogen and oxygen atoms in total. The molecule has 1 saturated carbocycles. The van der Waals surface area contributed by atoms with Gasteiger partial charge in [-0.25, -0.2) is 4.98 Å². The van der Waals surface area contributed by atoms with Gasteiger partial charge >= 0.3 is 5.97 Å². The van der Waals surface area contributed by atoms with Gasteiger partial charge in [0.05, 0.1) is 13.1 Å². The lowest BCUT2D eigenvalue weighted by molar-refractivity contribution is -0.138. The topological polar surface area (TPSA) is 58.4 Å². The molecule has 0 amide bonds. The summed E-state index contributed by atoms with van der Waals surface area (Å²) in [5.74, 6) is 0.844. The molecule has 0 saturated heterocycles. The van der Waals surface area contributed by atoms with Crippen LogP contribution in [0.3, 0.4) is 0 Å². The molecule has 0 aliphatic heterocycles. The first-order valence-corrected chi connectivity index (χ1v) is 5.55. The van der Waals surface area contributed by atoms with Crippen molar-refractivity contribution in [3.8, 4) is 0 Å². The minimum absolute atomic E-state index is 0.101. The zero-order valence-corrected chi connectivity index (χ0v) is 9.46. The molecular weight excluding hydrogens is 206 g/mol. The fourth-order valence-corrected chi connectivity index (χ4v) is 1.79. The van der Waals surface area contributed by atoms with Crippen molar-refractivity contribution in [3.05, 3.63) is 18.2 Å². The Labute approximate surface area is 94.7 Å². The predicted molar refractivity (Wildman–Crippen MR) is 58.8 cm³/mol. The molecule has 0 unspecified atom stereocenters. The average molecular weight is 223 g/mol. The van der Waals surface area contributed by atoms with Gasteiger partial charge in [0, 0.05) is 26.0 Å². The normalized spacial score (nSPS) is 15.6. The lowest BCUT2D eigenvalue weighted by atomic mass is 10.3. The van der Waals surface area contributed by atoms with Crippen LogP contribution in [0.2, 0.25) is 0 Å². The highest BCUT2D eigenvalue weighted by molar-refractivity contribution is 5.69. The summed E-state index contributed by atoms with van der Waals surface area (Å²) < 4.78 is 1.93. The van der Waals surface area contributed by atoms with Gasteiger partial charge in [-0.15, -0.1) is 0 Å². The maximum absolute atomic E-state index is 10.8. The highest BCUT2D eigenvalue weighted by Crippen LogP contribution is 2.29. The third-order valence-corrected chi connectivity index (χ3v) is 2.86. The van der Waals surface area contributed by atoms with E-state index in [0.29, 0.717) is 12.5 Å². The summed E-state index contributed by atoms with van der Waals surface area (Å²) in [6, 6.07) is 0. The number of hydrogen-bond donors (Lipinski definition) is 1. The van der Waals surface area contributed by atoms with E-state index in [1.54, 1.807) is 6.20 Å². The Hall–Kier alpha value is -1.36. The third kappa shape index (κ3) is 3.06. The molecule has 0 bridgehead atoms. The van der Waals surface area contributed by atoms with E-state index in [2.05, 4.69) is 4.98 Å². The highest BCUT2D eigenvalue weighted by Gasteiger charge is 2.25. The molecule has 0 aromatic carbocycles. The Morgan fingerprint density at radius 3 is 2.94 bits per heavy atom. The molecule has 1 aliphatic rings. The fourth-order valence-electron chi connectivity index (χ4n) is 1.79. The van der Waals surface area contributed by atoms with Gasteiger partial charge < -0.3 is 9.67 Å². The van der Waals surface area contributed by atoms with E-state index in [1.807, 2.05) is 22.7 Å². The summed E-state index contributed by atoms with van der Waals surface area (Å²) in [6.45, 7) is 1.59. The van der Waals surface area contributed by atoms with Gasteiger partial charge in [0.25, 0.3) is 0 Å². The Balaban J connectivity index is 1.94. The van der Waals surface area contributed by atoms with E-state index in [-0.39, 0.29) is 6.54 Å². The number of carbonyl (C=O) groups is 1. The number of aryl methyl sites for hydroxylation is 1. The third-order valence-electron chi connectivity index (χ3n) is 2.86. The van der Waals surface area contributed by atoms with Crippen LogP contribution in [-0.2, 0) is 18.4 Å². The van der Waals surface area contributed by atoms with Crippen molar-refractivity contribution < 1.29 is 9.90 Å². The Bertz CT molecular complexity index is 371. The molecule has 0 spiro atoms. The maximum Gasteiger partial charge on any atom is 0.317 e. The summed E-state index contributed by atoms with van der Waals surface area (Å²) in [6.07, 6.45) is 6.09. The molecule has 5 heteroatoms. The highest BCUT2D eigenvalue weighted by atomic mass is 16.4. The summed E-state index contributed by atoms with van der Waals surface area (Å²) in [7, 11) is 1.93. The lowest BCUT2D eigenvalue weighted by Crippen LogP contribution is -2.32. The molecule has 0 radical (unpaired) electrons. The molecule has 1 aromatic heterocycles. The minimum atomic E-state index is -0.769. The molecule has 1 heterocycles. The molecule has 2 rings (SSSR count). The van der Waals surface area contributed by atoms with E-state index in [4.69, 9.17) is 5.11 Å². The number of imidazole rings is 1. The first kappa shape index (κ1) is 11.1. The molecule has 1 N–H and O–H groups in total. The molecule has 88 valence electrons. The maximum atomic E-state index is 10.8. The zero-order chi connectivity index (χ0) is 11.5. The van der Waals surface area contributed by atoms with Crippen LogP contribution in [0.25, 0.3) is 0 Å². The Morgan fingerprint density at radius 1 is 1.69 bits per heavy atom. The van der Waals surface area contributed by atoms with Crippen molar-refractivity contribution in [1.82, 2.24) is 14.5 Å². The van der Waals surface area contributed by atoms with Gasteiger partial charge in [0.15, 0.2) is 0 Å². The SMILES string of the molecule is Cn1ccnc1CN(CC(=O)O)CC1CC1. The molecule has 16 heavy (non-hydrogen) atoms. The Morgan fingerprint density at radius 2 is 2.44 bits per heavy atom. The minimum Gasteiger partial charge on any atom is -0.480 e. The largest absolute Gasteiger partial charge is 0.480 e. The van der Waals surface area contributed by atoms with Crippen LogP contribution in [0.1, 0.15) is 18.7 Å². The van der Waals surface area contributed by atoms with E-state index < -0.39 is 5.97 Å². The zero-order valence-electron chi connectivity index (χ0n) is 9.46. The van der Waals surface area contributed by atoms with Crippen molar-refractivity contribution in [2.45, 2.75) is 19.4 Å². The number of nitrogens with zero attached hydrogens (tertiary/aromatic N) is 3. The molecule has 1 fully saturated rings. The summed E-state index contributed by atoms with van der Waals surface area (Å²) in [5.41, 5.74) is 0. The quantitative estimate of drug-likeness (QED) is 0.772. The molecule has 0 atom stereocenters. The van der Waals surface area contributed by atoms with Crippen molar-refractivity contribution in [2.75, 3.05) is 13.1 Å². The van der Waals surface area contributed by atoms with E-state index in [1.165, 1.54) is 12.8 Å². The van der Waals surface area contributed by atoms with Crippen LogP contribution in [-0.4, -0.2) is 38.6 Å². The molecule has 1 aromatic rings. The van der Waals surface area contributed by atoms with Gasteiger partial charge in [-0.3, -0.25) is 9.69 Å². The van der Waals surface area contributed by atoms with Gasteiger partial charge in [0.2, 0.25) is 0 Å². The number of aliphatic carboxylic acids is 1. The van der Waals surface area contributed by atoms with Crippen LogP contribution in [0.4, 0.5) is 0 Å². The van der Waals surface area contributed by atoms with E-state index in [0.717, 1.165) is 12.4 Å². The van der Waals surface area contributed by atoms with E-state index >= 15 is 0 Å². The Kier molecular flexibility index (Phi) is 3.24. The fraction of sp³-hybridized carbons (Fsp3) is 0.636. The number of carboxylic acid groups (broad SMARTS) is 1.